The Hall–Kier alpha value is -4.16. The number of hydrogen-bond donors (Lipinski definition) is 0. The van der Waals surface area contributed by atoms with E-state index in [0.717, 1.165) is 54.0 Å². The van der Waals surface area contributed by atoms with E-state index in [1.807, 2.05) is 24.3 Å². The van der Waals surface area contributed by atoms with Gasteiger partial charge in [0.15, 0.2) is 6.61 Å². The minimum absolute atomic E-state index is 0.0869. The number of benzene rings is 3. The zero-order valence-corrected chi connectivity index (χ0v) is 25.4. The molecule has 0 heterocycles. The Balaban J connectivity index is 1.49. The van der Waals surface area contributed by atoms with E-state index in [9.17, 15) is 44.7 Å². The van der Waals surface area contributed by atoms with Crippen LogP contribution in [0.4, 0.5) is 35.1 Å². The van der Waals surface area contributed by atoms with E-state index in [1.54, 1.807) is 12.1 Å². The molecule has 0 amide bonds. The topological polar surface area (TPSA) is 61.8 Å². The van der Waals surface area contributed by atoms with Crippen molar-refractivity contribution in [2.75, 3.05) is 13.2 Å². The zero-order chi connectivity index (χ0) is 34.7. The third kappa shape index (κ3) is 9.92. The molecule has 0 N–H and O–H groups in total. The van der Waals surface area contributed by atoms with Crippen molar-refractivity contribution in [3.8, 4) is 22.6 Å². The Morgan fingerprint density at radius 3 is 1.66 bits per heavy atom. The van der Waals surface area contributed by atoms with Crippen molar-refractivity contribution >= 4 is 11.9 Å². The summed E-state index contributed by atoms with van der Waals surface area (Å²) in [6, 6.07) is 18.0. The molecule has 0 saturated heterocycles. The second kappa shape index (κ2) is 16.6. The fourth-order valence-electron chi connectivity index (χ4n) is 4.33. The smallest absolute Gasteiger partial charge is 0.381 e. The molecule has 0 fully saturated rings. The van der Waals surface area contributed by atoms with Crippen LogP contribution in [0, 0.1) is 0 Å². The summed E-state index contributed by atoms with van der Waals surface area (Å²) in [5, 5.41) is 0. The summed E-state index contributed by atoms with van der Waals surface area (Å²) in [6.45, 7) is 0.244. The van der Waals surface area contributed by atoms with E-state index in [0.29, 0.717) is 6.61 Å². The average molecular weight is 675 g/mol. The lowest BCUT2D eigenvalue weighted by Crippen LogP contribution is -2.59. The Morgan fingerprint density at radius 1 is 0.638 bits per heavy atom. The van der Waals surface area contributed by atoms with E-state index in [-0.39, 0.29) is 11.3 Å². The minimum atomic E-state index is -6.50. The highest BCUT2D eigenvalue weighted by atomic mass is 19.4. The maximum atomic E-state index is 13.6. The number of carbonyl (C=O) groups excluding carboxylic acids is 2. The summed E-state index contributed by atoms with van der Waals surface area (Å²) < 4.78 is 119. The largest absolute Gasteiger partial charge is 0.494 e. The average Bonchev–Trinajstić information content (AvgIpc) is 3.05. The highest BCUT2D eigenvalue weighted by molar-refractivity contribution is 5.92. The van der Waals surface area contributed by atoms with Crippen LogP contribution in [0.25, 0.3) is 11.1 Å². The summed E-state index contributed by atoms with van der Waals surface area (Å²) >= 11 is 0. The van der Waals surface area contributed by atoms with Gasteiger partial charge in [0.2, 0.25) is 0 Å². The maximum Gasteiger partial charge on any atom is 0.381 e. The molecule has 0 atom stereocenters. The van der Waals surface area contributed by atoms with Crippen LogP contribution < -0.4 is 9.47 Å². The molecule has 5 nitrogen and oxygen atoms in total. The van der Waals surface area contributed by atoms with Crippen molar-refractivity contribution in [3.05, 3.63) is 83.9 Å². The van der Waals surface area contributed by atoms with Crippen molar-refractivity contribution in [1.29, 1.82) is 0 Å². The molecular weight excluding hydrogens is 640 g/mol. The number of carbonyl (C=O) groups is 2. The van der Waals surface area contributed by atoms with Crippen LogP contribution in [0.15, 0.2) is 72.8 Å². The monoisotopic (exact) mass is 674 g/mol. The predicted octanol–water partition coefficient (Wildman–Crippen LogP) is 10.0. The van der Waals surface area contributed by atoms with Gasteiger partial charge in [0.1, 0.15) is 11.5 Å². The molecule has 0 saturated carbocycles. The molecule has 0 aliphatic carbocycles. The standard InChI is InChI=1S/C34H34F8O5/c1-2-3-4-5-6-7-8-21-45-27-17-13-24(14-18-27)23-9-11-26(12-10-23)30(44)47-28-19-15-25(16-20-28)29(43)46-22-32(37,38)34(41,42)33(39,40)31(35)36/h9-20,31H,2-8,21-22H2,1H3. The van der Waals surface area contributed by atoms with Crippen molar-refractivity contribution < 1.29 is 58.9 Å². The third-order valence-corrected chi connectivity index (χ3v) is 7.16. The van der Waals surface area contributed by atoms with E-state index in [2.05, 4.69) is 11.7 Å². The Kier molecular flexibility index (Phi) is 13.2. The molecule has 3 rings (SSSR count). The van der Waals surface area contributed by atoms with Crippen molar-refractivity contribution in [1.82, 2.24) is 0 Å². The first-order valence-corrected chi connectivity index (χ1v) is 14.9. The van der Waals surface area contributed by atoms with Crippen molar-refractivity contribution in [2.45, 2.75) is 76.1 Å². The zero-order valence-electron chi connectivity index (χ0n) is 25.4. The summed E-state index contributed by atoms with van der Waals surface area (Å²) in [5.41, 5.74) is 1.39. The number of alkyl halides is 8. The highest BCUT2D eigenvalue weighted by Gasteiger charge is 2.75. The molecule has 0 radical (unpaired) electrons. The molecular formula is C34H34F8O5. The van der Waals surface area contributed by atoms with E-state index in [4.69, 9.17) is 9.47 Å². The van der Waals surface area contributed by atoms with Gasteiger partial charge in [-0.15, -0.1) is 0 Å². The fraction of sp³-hybridized carbons (Fsp3) is 0.412. The molecule has 0 spiro atoms. The predicted molar refractivity (Wildman–Crippen MR) is 158 cm³/mol. The summed E-state index contributed by atoms with van der Waals surface area (Å²) in [7, 11) is 0. The molecule has 0 unspecified atom stereocenters. The summed E-state index contributed by atoms with van der Waals surface area (Å²) in [6.07, 6.45) is 3.27. The van der Waals surface area contributed by atoms with Crippen LogP contribution in [0.1, 0.15) is 72.6 Å². The van der Waals surface area contributed by atoms with Gasteiger partial charge in [0, 0.05) is 0 Å². The van der Waals surface area contributed by atoms with E-state index < -0.39 is 48.3 Å². The minimum Gasteiger partial charge on any atom is -0.494 e. The van der Waals surface area contributed by atoms with Crippen LogP contribution in [-0.2, 0) is 4.74 Å². The van der Waals surface area contributed by atoms with E-state index >= 15 is 0 Å². The van der Waals surface area contributed by atoms with Gasteiger partial charge >= 0.3 is 36.1 Å². The first-order valence-electron chi connectivity index (χ1n) is 14.9. The van der Waals surface area contributed by atoms with Crippen molar-refractivity contribution in [2.24, 2.45) is 0 Å². The lowest BCUT2D eigenvalue weighted by atomic mass is 10.0. The van der Waals surface area contributed by atoms with Gasteiger partial charge in [-0.2, -0.15) is 26.3 Å². The Morgan fingerprint density at radius 2 is 1.11 bits per heavy atom. The van der Waals surface area contributed by atoms with Crippen LogP contribution in [0.5, 0.6) is 11.5 Å². The van der Waals surface area contributed by atoms with Gasteiger partial charge in [-0.1, -0.05) is 69.7 Å². The molecule has 0 aliphatic rings. The van der Waals surface area contributed by atoms with Crippen LogP contribution >= 0.6 is 0 Å². The second-order valence-corrected chi connectivity index (χ2v) is 10.8. The number of unbranched alkanes of at least 4 members (excludes halogenated alkanes) is 6. The van der Waals surface area contributed by atoms with Gasteiger partial charge in [0.25, 0.3) is 0 Å². The number of rotatable bonds is 18. The SMILES string of the molecule is CCCCCCCCCOc1ccc(-c2ccc(C(=O)Oc3ccc(C(=O)OCC(F)(F)C(F)(F)C(F)(F)C(F)F)cc3)cc2)cc1. The molecule has 3 aromatic rings. The number of halogens is 8. The van der Waals surface area contributed by atoms with Gasteiger partial charge in [-0.3, -0.25) is 0 Å². The number of ether oxygens (including phenoxy) is 3. The fourth-order valence-corrected chi connectivity index (χ4v) is 4.33. The van der Waals surface area contributed by atoms with Gasteiger partial charge in [-0.25, -0.2) is 18.4 Å². The van der Waals surface area contributed by atoms with Gasteiger partial charge < -0.3 is 14.2 Å². The molecule has 0 aromatic heterocycles. The first-order chi connectivity index (χ1) is 22.2. The molecule has 13 heteroatoms. The van der Waals surface area contributed by atoms with Crippen molar-refractivity contribution in [3.63, 3.8) is 0 Å². The van der Waals surface area contributed by atoms with Crippen LogP contribution in [0.2, 0.25) is 0 Å². The lowest BCUT2D eigenvalue weighted by molar-refractivity contribution is -0.343. The molecule has 256 valence electrons. The summed E-state index contributed by atoms with van der Waals surface area (Å²) in [4.78, 5) is 24.6. The van der Waals surface area contributed by atoms with Crippen LogP contribution in [0.3, 0.4) is 0 Å². The lowest BCUT2D eigenvalue weighted by Gasteiger charge is -2.31. The van der Waals surface area contributed by atoms with Gasteiger partial charge in [0.05, 0.1) is 17.7 Å². The molecule has 0 aliphatic heterocycles. The number of esters is 2. The normalized spacial score (nSPS) is 12.2. The number of hydrogen-bond acceptors (Lipinski definition) is 5. The maximum absolute atomic E-state index is 13.6. The third-order valence-electron chi connectivity index (χ3n) is 7.16. The van der Waals surface area contributed by atoms with Crippen LogP contribution in [-0.4, -0.2) is 49.3 Å². The molecule has 3 aromatic carbocycles. The summed E-state index contributed by atoms with van der Waals surface area (Å²) in [5.74, 6) is -20.4. The van der Waals surface area contributed by atoms with E-state index in [1.165, 1.54) is 44.2 Å². The van der Waals surface area contributed by atoms with Gasteiger partial charge in [-0.05, 0) is 66.1 Å². The Bertz CT molecular complexity index is 1430. The molecule has 0 bridgehead atoms. The highest BCUT2D eigenvalue weighted by Crippen LogP contribution is 2.48. The molecule has 47 heavy (non-hydrogen) atoms. The quantitative estimate of drug-likeness (QED) is 0.0582. The second-order valence-electron chi connectivity index (χ2n) is 10.8. The first kappa shape index (κ1) is 37.3. The Labute approximate surface area is 266 Å².